The van der Waals surface area contributed by atoms with Crippen LogP contribution in [-0.4, -0.2) is 37.0 Å². The molecular weight excluding hydrogens is 322 g/mol. The van der Waals surface area contributed by atoms with Gasteiger partial charge in [-0.05, 0) is 35.9 Å². The number of piperazine rings is 1. The molecule has 1 heterocycles. The summed E-state index contributed by atoms with van der Waals surface area (Å²) in [5, 5.41) is 3.41. The van der Waals surface area contributed by atoms with Gasteiger partial charge in [0.25, 0.3) is 5.91 Å². The molecule has 23 heavy (non-hydrogen) atoms. The predicted molar refractivity (Wildman–Crippen MR) is 85.6 cm³/mol. The zero-order chi connectivity index (χ0) is 16.4. The highest BCUT2D eigenvalue weighted by atomic mass is 35.5. The quantitative estimate of drug-likeness (QED) is 0.912. The molecule has 0 aromatic heterocycles. The number of hydrogen-bond donors (Lipinski definition) is 1. The number of hydrogen-bond acceptors (Lipinski definition) is 2. The zero-order valence-corrected chi connectivity index (χ0v) is 13.0. The molecule has 3 rings (SSSR count). The Labute approximate surface area is 137 Å². The molecule has 1 amide bonds. The molecule has 0 radical (unpaired) electrons. The van der Waals surface area contributed by atoms with Gasteiger partial charge in [0.15, 0.2) is 0 Å². The summed E-state index contributed by atoms with van der Waals surface area (Å²) in [7, 11) is 0. The Kier molecular flexibility index (Phi) is 4.59. The molecule has 1 N–H and O–H groups in total. The topological polar surface area (TPSA) is 32.3 Å². The van der Waals surface area contributed by atoms with Crippen molar-refractivity contribution in [1.29, 1.82) is 0 Å². The third kappa shape index (κ3) is 3.35. The molecule has 1 aliphatic rings. The molecule has 0 spiro atoms. The van der Waals surface area contributed by atoms with E-state index in [9.17, 15) is 13.6 Å². The van der Waals surface area contributed by atoms with Crippen molar-refractivity contribution in [3.05, 3.63) is 58.6 Å². The molecule has 0 atom stereocenters. The second kappa shape index (κ2) is 6.64. The number of carbonyl (C=O) groups excluding carboxylic acids is 1. The molecule has 3 nitrogen and oxygen atoms in total. The van der Waals surface area contributed by atoms with E-state index in [4.69, 9.17) is 11.6 Å². The fraction of sp³-hybridized carbons (Fsp3) is 0.235. The Morgan fingerprint density at radius 2 is 1.78 bits per heavy atom. The van der Waals surface area contributed by atoms with Gasteiger partial charge in [-0.3, -0.25) is 4.79 Å². The number of rotatable bonds is 2. The van der Waals surface area contributed by atoms with Gasteiger partial charge in [0.2, 0.25) is 0 Å². The van der Waals surface area contributed by atoms with Gasteiger partial charge in [-0.1, -0.05) is 17.7 Å². The van der Waals surface area contributed by atoms with Crippen molar-refractivity contribution < 1.29 is 13.6 Å². The van der Waals surface area contributed by atoms with Crippen LogP contribution >= 0.6 is 11.6 Å². The van der Waals surface area contributed by atoms with Crippen LogP contribution in [0.1, 0.15) is 10.4 Å². The van der Waals surface area contributed by atoms with Gasteiger partial charge in [0.05, 0.1) is 5.56 Å². The van der Waals surface area contributed by atoms with E-state index in [2.05, 4.69) is 5.32 Å². The Bertz CT molecular complexity index is 745. The van der Waals surface area contributed by atoms with Crippen LogP contribution in [-0.2, 0) is 0 Å². The molecule has 6 heteroatoms. The van der Waals surface area contributed by atoms with Crippen LogP contribution in [0.2, 0.25) is 5.02 Å². The Hall–Kier alpha value is -1.98. The molecule has 0 bridgehead atoms. The van der Waals surface area contributed by atoms with Crippen LogP contribution in [0.5, 0.6) is 0 Å². The Morgan fingerprint density at radius 3 is 2.43 bits per heavy atom. The first-order valence-corrected chi connectivity index (χ1v) is 7.69. The van der Waals surface area contributed by atoms with E-state index in [1.807, 2.05) is 0 Å². The van der Waals surface area contributed by atoms with E-state index in [1.165, 1.54) is 30.3 Å². The molecule has 2 aromatic rings. The lowest BCUT2D eigenvalue weighted by Gasteiger charge is -2.27. The minimum Gasteiger partial charge on any atom is -0.336 e. The summed E-state index contributed by atoms with van der Waals surface area (Å²) >= 11 is 5.72. The molecule has 0 unspecified atom stereocenters. The summed E-state index contributed by atoms with van der Waals surface area (Å²) in [6.07, 6.45) is 0. The number of carbonyl (C=O) groups is 1. The van der Waals surface area contributed by atoms with Gasteiger partial charge < -0.3 is 10.2 Å². The Balaban J connectivity index is 1.89. The van der Waals surface area contributed by atoms with Crippen molar-refractivity contribution >= 4 is 17.5 Å². The SMILES string of the molecule is O=C(c1ccc(-c2ccc(Cl)cc2F)cc1F)N1CCNCC1. The summed E-state index contributed by atoms with van der Waals surface area (Å²) < 4.78 is 28.3. The van der Waals surface area contributed by atoms with Gasteiger partial charge in [0, 0.05) is 36.8 Å². The van der Waals surface area contributed by atoms with Crippen molar-refractivity contribution in [2.24, 2.45) is 0 Å². The Morgan fingerprint density at radius 1 is 1.04 bits per heavy atom. The minimum absolute atomic E-state index is 0.00465. The van der Waals surface area contributed by atoms with Gasteiger partial charge in [-0.2, -0.15) is 0 Å². The number of halogens is 3. The number of nitrogens with one attached hydrogen (secondary N) is 1. The number of benzene rings is 2. The van der Waals surface area contributed by atoms with Crippen LogP contribution in [0.15, 0.2) is 36.4 Å². The summed E-state index contributed by atoms with van der Waals surface area (Å²) in [4.78, 5) is 14.0. The molecule has 1 aliphatic heterocycles. The third-order valence-corrected chi connectivity index (χ3v) is 4.08. The highest BCUT2D eigenvalue weighted by Crippen LogP contribution is 2.27. The summed E-state index contributed by atoms with van der Waals surface area (Å²) in [5.74, 6) is -1.52. The monoisotopic (exact) mass is 336 g/mol. The van der Waals surface area contributed by atoms with E-state index in [0.717, 1.165) is 0 Å². The second-order valence-corrected chi connectivity index (χ2v) is 5.80. The highest BCUT2D eigenvalue weighted by Gasteiger charge is 2.21. The normalized spacial score (nSPS) is 14.8. The fourth-order valence-corrected chi connectivity index (χ4v) is 2.78. The van der Waals surface area contributed by atoms with E-state index < -0.39 is 11.6 Å². The number of amides is 1. The summed E-state index contributed by atoms with van der Waals surface area (Å²) in [5.41, 5.74) is 0.619. The second-order valence-electron chi connectivity index (χ2n) is 5.36. The van der Waals surface area contributed by atoms with Gasteiger partial charge >= 0.3 is 0 Å². The van der Waals surface area contributed by atoms with Gasteiger partial charge in [0.1, 0.15) is 11.6 Å². The lowest BCUT2D eigenvalue weighted by molar-refractivity contribution is 0.0731. The maximum atomic E-state index is 14.3. The maximum absolute atomic E-state index is 14.3. The van der Waals surface area contributed by atoms with E-state index in [-0.39, 0.29) is 22.1 Å². The lowest BCUT2D eigenvalue weighted by atomic mass is 10.0. The fourth-order valence-electron chi connectivity index (χ4n) is 2.62. The molecule has 0 saturated carbocycles. The third-order valence-electron chi connectivity index (χ3n) is 3.85. The molecule has 1 fully saturated rings. The highest BCUT2D eigenvalue weighted by molar-refractivity contribution is 6.30. The van der Waals surface area contributed by atoms with Crippen molar-refractivity contribution in [2.45, 2.75) is 0 Å². The van der Waals surface area contributed by atoms with Gasteiger partial charge in [-0.15, -0.1) is 0 Å². The maximum Gasteiger partial charge on any atom is 0.256 e. The molecule has 0 aliphatic carbocycles. The first kappa shape index (κ1) is 15.9. The molecule has 1 saturated heterocycles. The summed E-state index contributed by atoms with van der Waals surface area (Å²) in [6, 6.07) is 8.34. The number of nitrogens with zero attached hydrogens (tertiary/aromatic N) is 1. The molecule has 120 valence electrons. The minimum atomic E-state index is -0.652. The van der Waals surface area contributed by atoms with Crippen molar-refractivity contribution in [3.8, 4) is 11.1 Å². The van der Waals surface area contributed by atoms with Crippen LogP contribution in [0.25, 0.3) is 11.1 Å². The van der Waals surface area contributed by atoms with Crippen LogP contribution in [0, 0.1) is 11.6 Å². The first-order chi connectivity index (χ1) is 11.1. The van der Waals surface area contributed by atoms with Crippen molar-refractivity contribution in [3.63, 3.8) is 0 Å². The first-order valence-electron chi connectivity index (χ1n) is 7.31. The van der Waals surface area contributed by atoms with Crippen LogP contribution in [0.4, 0.5) is 8.78 Å². The smallest absolute Gasteiger partial charge is 0.256 e. The van der Waals surface area contributed by atoms with Gasteiger partial charge in [-0.25, -0.2) is 8.78 Å². The van der Waals surface area contributed by atoms with Crippen molar-refractivity contribution in [1.82, 2.24) is 10.2 Å². The molecular formula is C17H15ClF2N2O. The standard InChI is InChI=1S/C17H15ClF2N2O/c18-12-2-4-13(16(20)10-12)11-1-3-14(15(19)9-11)17(23)22-7-5-21-6-8-22/h1-4,9-10,21H,5-8H2. The molecule has 2 aromatic carbocycles. The lowest BCUT2D eigenvalue weighted by Crippen LogP contribution is -2.46. The summed E-state index contributed by atoms with van der Waals surface area (Å²) in [6.45, 7) is 2.49. The van der Waals surface area contributed by atoms with Crippen LogP contribution in [0.3, 0.4) is 0 Å². The predicted octanol–water partition coefficient (Wildman–Crippen LogP) is 3.33. The van der Waals surface area contributed by atoms with Crippen LogP contribution < -0.4 is 5.32 Å². The van der Waals surface area contributed by atoms with Crippen molar-refractivity contribution in [2.75, 3.05) is 26.2 Å². The van der Waals surface area contributed by atoms with E-state index in [1.54, 1.807) is 11.0 Å². The zero-order valence-electron chi connectivity index (χ0n) is 12.3. The average Bonchev–Trinajstić information content (AvgIpc) is 2.55. The van der Waals surface area contributed by atoms with E-state index in [0.29, 0.717) is 31.7 Å². The van der Waals surface area contributed by atoms with E-state index >= 15 is 0 Å². The largest absolute Gasteiger partial charge is 0.336 e. The average molecular weight is 337 g/mol.